The summed E-state index contributed by atoms with van der Waals surface area (Å²) in [6.45, 7) is -2.85. The third-order valence-electron chi connectivity index (χ3n) is 1.61. The fourth-order valence-electron chi connectivity index (χ4n) is 1.10. The first-order chi connectivity index (χ1) is 6.25. The molecule has 1 aromatic carbocycles. The smallest absolute Gasteiger partial charge is 0.389 e. The van der Waals surface area contributed by atoms with E-state index in [0.29, 0.717) is 5.58 Å². The second kappa shape index (κ2) is 3.05. The lowest BCUT2D eigenvalue weighted by Crippen LogP contribution is -2.00. The van der Waals surface area contributed by atoms with Crippen LogP contribution in [0.3, 0.4) is 0 Å². The van der Waals surface area contributed by atoms with Crippen molar-refractivity contribution in [3.63, 3.8) is 0 Å². The first kappa shape index (κ1) is 8.04. The van der Waals surface area contributed by atoms with Crippen LogP contribution in [0.1, 0.15) is 0 Å². The van der Waals surface area contributed by atoms with Gasteiger partial charge in [-0.15, -0.1) is 0 Å². The molecule has 0 aliphatic rings. The lowest BCUT2D eigenvalue weighted by Gasteiger charge is -1.96. The summed E-state index contributed by atoms with van der Waals surface area (Å²) in [5.41, 5.74) is 0.540. The highest BCUT2D eigenvalue weighted by atomic mass is 19.3. The molecular formula is C9H6F2O2. The van der Waals surface area contributed by atoms with Crippen molar-refractivity contribution in [2.45, 2.75) is 6.61 Å². The minimum Gasteiger partial charge on any atom is -0.426 e. The molecule has 68 valence electrons. The third kappa shape index (κ3) is 1.61. The van der Waals surface area contributed by atoms with Crippen LogP contribution in [0.5, 0.6) is 5.95 Å². The maximum atomic E-state index is 11.8. The summed E-state index contributed by atoms with van der Waals surface area (Å²) in [5, 5.41) is 0.748. The molecule has 4 heteroatoms. The molecule has 0 unspecified atom stereocenters. The van der Waals surface area contributed by atoms with Gasteiger partial charge in [-0.05, 0) is 6.07 Å². The number of para-hydroxylation sites is 1. The summed E-state index contributed by atoms with van der Waals surface area (Å²) in [5.74, 6) is -0.156. The van der Waals surface area contributed by atoms with Crippen LogP contribution in [0.2, 0.25) is 0 Å². The number of rotatable bonds is 2. The van der Waals surface area contributed by atoms with Crippen molar-refractivity contribution in [2.75, 3.05) is 0 Å². The highest BCUT2D eigenvalue weighted by molar-refractivity contribution is 5.78. The number of benzene rings is 1. The van der Waals surface area contributed by atoms with E-state index in [1.54, 1.807) is 24.3 Å². The molecule has 0 radical (unpaired) electrons. The van der Waals surface area contributed by atoms with Gasteiger partial charge >= 0.3 is 6.61 Å². The fraction of sp³-hybridized carbons (Fsp3) is 0.111. The second-order valence-corrected chi connectivity index (χ2v) is 2.48. The molecule has 0 saturated carbocycles. The Hall–Kier alpha value is -1.58. The van der Waals surface area contributed by atoms with Gasteiger partial charge in [0.15, 0.2) is 0 Å². The van der Waals surface area contributed by atoms with Crippen molar-refractivity contribution in [1.82, 2.24) is 0 Å². The van der Waals surface area contributed by atoms with Crippen LogP contribution < -0.4 is 4.74 Å². The van der Waals surface area contributed by atoms with Gasteiger partial charge in [-0.3, -0.25) is 0 Å². The number of fused-ring (bicyclic) bond motifs is 1. The van der Waals surface area contributed by atoms with Gasteiger partial charge in [-0.1, -0.05) is 18.2 Å². The summed E-state index contributed by atoms with van der Waals surface area (Å²) < 4.78 is 32.6. The zero-order chi connectivity index (χ0) is 9.26. The molecule has 0 saturated heterocycles. The van der Waals surface area contributed by atoms with E-state index in [9.17, 15) is 8.78 Å². The first-order valence-corrected chi connectivity index (χ1v) is 3.69. The van der Waals surface area contributed by atoms with Gasteiger partial charge in [0.2, 0.25) is 0 Å². The Morgan fingerprint density at radius 1 is 1.23 bits per heavy atom. The van der Waals surface area contributed by atoms with Gasteiger partial charge in [0.25, 0.3) is 5.95 Å². The molecule has 0 N–H and O–H groups in total. The van der Waals surface area contributed by atoms with Crippen molar-refractivity contribution in [3.05, 3.63) is 30.3 Å². The van der Waals surface area contributed by atoms with Crippen LogP contribution in [0.15, 0.2) is 34.7 Å². The maximum Gasteiger partial charge on any atom is 0.389 e. The Morgan fingerprint density at radius 3 is 2.69 bits per heavy atom. The molecule has 1 aromatic heterocycles. The van der Waals surface area contributed by atoms with Crippen LogP contribution in [-0.4, -0.2) is 6.61 Å². The largest absolute Gasteiger partial charge is 0.426 e. The second-order valence-electron chi connectivity index (χ2n) is 2.48. The third-order valence-corrected chi connectivity index (χ3v) is 1.61. The van der Waals surface area contributed by atoms with Gasteiger partial charge in [-0.25, -0.2) is 0 Å². The zero-order valence-corrected chi connectivity index (χ0v) is 6.54. The number of furan rings is 1. The van der Waals surface area contributed by atoms with E-state index in [0.717, 1.165) is 5.39 Å². The zero-order valence-electron chi connectivity index (χ0n) is 6.54. The predicted molar refractivity (Wildman–Crippen MR) is 42.8 cm³/mol. The summed E-state index contributed by atoms with van der Waals surface area (Å²) in [4.78, 5) is 0. The van der Waals surface area contributed by atoms with E-state index < -0.39 is 6.61 Å². The topological polar surface area (TPSA) is 22.4 Å². The Labute approximate surface area is 72.7 Å². The highest BCUT2D eigenvalue weighted by Crippen LogP contribution is 2.25. The molecule has 13 heavy (non-hydrogen) atoms. The predicted octanol–water partition coefficient (Wildman–Crippen LogP) is 3.03. The van der Waals surface area contributed by atoms with Crippen molar-refractivity contribution in [2.24, 2.45) is 0 Å². The maximum absolute atomic E-state index is 11.8. The standard InChI is InChI=1S/C9H6F2O2/c10-9(11)13-8-5-6-3-1-2-4-7(6)12-8/h1-5,9H. The Morgan fingerprint density at radius 2 is 2.00 bits per heavy atom. The van der Waals surface area contributed by atoms with Crippen molar-refractivity contribution >= 4 is 11.0 Å². The molecule has 2 aromatic rings. The molecule has 0 fully saturated rings. The molecular weight excluding hydrogens is 178 g/mol. The SMILES string of the molecule is FC(F)Oc1cc2ccccc2o1. The molecule has 0 spiro atoms. The Kier molecular flexibility index (Phi) is 1.88. The van der Waals surface area contributed by atoms with Gasteiger partial charge < -0.3 is 9.15 Å². The number of ether oxygens (including phenoxy) is 1. The monoisotopic (exact) mass is 184 g/mol. The van der Waals surface area contributed by atoms with Gasteiger partial charge in [0, 0.05) is 11.5 Å². The fourth-order valence-corrected chi connectivity index (χ4v) is 1.10. The summed E-state index contributed by atoms with van der Waals surface area (Å²) in [6, 6.07) is 8.44. The molecule has 0 bridgehead atoms. The van der Waals surface area contributed by atoms with Crippen LogP contribution in [0.25, 0.3) is 11.0 Å². The van der Waals surface area contributed by atoms with E-state index >= 15 is 0 Å². The Bertz CT molecular complexity index is 376. The van der Waals surface area contributed by atoms with E-state index in [2.05, 4.69) is 4.74 Å². The van der Waals surface area contributed by atoms with E-state index in [1.807, 2.05) is 0 Å². The van der Waals surface area contributed by atoms with Gasteiger partial charge in [-0.2, -0.15) is 8.78 Å². The van der Waals surface area contributed by atoms with Crippen molar-refractivity contribution in [3.8, 4) is 5.95 Å². The van der Waals surface area contributed by atoms with Crippen LogP contribution >= 0.6 is 0 Å². The normalized spacial score (nSPS) is 11.0. The molecule has 0 aliphatic heterocycles. The number of halogens is 2. The number of alkyl halides is 2. The van der Waals surface area contributed by atoms with Crippen LogP contribution in [0.4, 0.5) is 8.78 Å². The van der Waals surface area contributed by atoms with E-state index in [4.69, 9.17) is 4.42 Å². The number of hydrogen-bond acceptors (Lipinski definition) is 2. The van der Waals surface area contributed by atoms with E-state index in [-0.39, 0.29) is 5.95 Å². The van der Waals surface area contributed by atoms with E-state index in [1.165, 1.54) is 6.07 Å². The van der Waals surface area contributed by atoms with Crippen LogP contribution in [-0.2, 0) is 0 Å². The van der Waals surface area contributed by atoms with Crippen LogP contribution in [0, 0.1) is 0 Å². The molecule has 0 aliphatic carbocycles. The van der Waals surface area contributed by atoms with Crippen molar-refractivity contribution < 1.29 is 17.9 Å². The lowest BCUT2D eigenvalue weighted by molar-refractivity contribution is -0.0628. The molecule has 2 nitrogen and oxygen atoms in total. The number of hydrogen-bond donors (Lipinski definition) is 0. The average molecular weight is 184 g/mol. The van der Waals surface area contributed by atoms with Crippen molar-refractivity contribution in [1.29, 1.82) is 0 Å². The average Bonchev–Trinajstić information content (AvgIpc) is 2.44. The Balaban J connectivity index is 2.38. The van der Waals surface area contributed by atoms with Gasteiger partial charge in [0.05, 0.1) is 0 Å². The summed E-state index contributed by atoms with van der Waals surface area (Å²) in [6.07, 6.45) is 0. The lowest BCUT2D eigenvalue weighted by atomic mass is 10.3. The summed E-state index contributed by atoms with van der Waals surface area (Å²) in [7, 11) is 0. The molecule has 0 atom stereocenters. The van der Waals surface area contributed by atoms with Gasteiger partial charge in [0.1, 0.15) is 5.58 Å². The molecule has 0 amide bonds. The summed E-state index contributed by atoms with van der Waals surface area (Å²) >= 11 is 0. The minimum atomic E-state index is -2.85. The molecule has 1 heterocycles. The minimum absolute atomic E-state index is 0.156. The molecule has 2 rings (SSSR count). The first-order valence-electron chi connectivity index (χ1n) is 3.69. The quantitative estimate of drug-likeness (QED) is 0.715. The highest BCUT2D eigenvalue weighted by Gasteiger charge is 2.08.